The second-order valence-corrected chi connectivity index (χ2v) is 8.62. The number of amides is 1. The molecule has 1 fully saturated rings. The van der Waals surface area contributed by atoms with Gasteiger partial charge in [0, 0.05) is 5.69 Å². The molecule has 7 nitrogen and oxygen atoms in total. The van der Waals surface area contributed by atoms with Gasteiger partial charge in [-0.15, -0.1) is 0 Å². The molecule has 4 rings (SSSR count). The van der Waals surface area contributed by atoms with Gasteiger partial charge in [0.25, 0.3) is 11.7 Å². The van der Waals surface area contributed by atoms with Crippen molar-refractivity contribution in [3.63, 3.8) is 0 Å². The summed E-state index contributed by atoms with van der Waals surface area (Å²) in [5, 5.41) is 21.6. The van der Waals surface area contributed by atoms with Gasteiger partial charge in [0.15, 0.2) is 11.5 Å². The van der Waals surface area contributed by atoms with E-state index < -0.39 is 23.5 Å². The highest BCUT2D eigenvalue weighted by Crippen LogP contribution is 2.48. The summed E-state index contributed by atoms with van der Waals surface area (Å²) in [6.07, 6.45) is 0. The van der Waals surface area contributed by atoms with Crippen molar-refractivity contribution in [1.82, 2.24) is 0 Å². The van der Waals surface area contributed by atoms with E-state index in [1.807, 2.05) is 6.07 Å². The molecule has 1 atom stereocenters. The van der Waals surface area contributed by atoms with Gasteiger partial charge in [-0.1, -0.05) is 53.5 Å². The molecule has 1 heterocycles. The first-order chi connectivity index (χ1) is 16.7. The number of carbonyl (C=O) groups is 2. The molecule has 180 valence electrons. The fourth-order valence-corrected chi connectivity index (χ4v) is 4.90. The molecule has 0 radical (unpaired) electrons. The highest BCUT2D eigenvalue weighted by Gasteiger charge is 2.47. The number of phenolic OH excluding ortho intramolecular Hbond substituents is 1. The third-order valence-corrected chi connectivity index (χ3v) is 6.42. The van der Waals surface area contributed by atoms with Crippen LogP contribution < -0.4 is 14.4 Å². The summed E-state index contributed by atoms with van der Waals surface area (Å²) in [5.41, 5.74) is 1.45. The molecule has 1 unspecified atom stereocenters. The van der Waals surface area contributed by atoms with Crippen LogP contribution in [0.3, 0.4) is 0 Å². The van der Waals surface area contributed by atoms with Gasteiger partial charge in [-0.25, -0.2) is 0 Å². The topological polar surface area (TPSA) is 96.3 Å². The SMILES string of the molecule is COc1c(Cl)cc(/C(O)=C2\C(=O)C(=O)N(c3ccccc3C)C2c2cccc(O)c2)c(OC)c1Cl. The highest BCUT2D eigenvalue weighted by atomic mass is 35.5. The maximum absolute atomic E-state index is 13.4. The Balaban J connectivity index is 2.04. The predicted octanol–water partition coefficient (Wildman–Crippen LogP) is 5.65. The number of anilines is 1. The molecule has 0 aromatic heterocycles. The van der Waals surface area contributed by atoms with Crippen molar-refractivity contribution in [3.8, 4) is 17.2 Å². The van der Waals surface area contributed by atoms with Crippen LogP contribution in [0.1, 0.15) is 22.7 Å². The minimum Gasteiger partial charge on any atom is -0.508 e. The maximum Gasteiger partial charge on any atom is 0.300 e. The smallest absolute Gasteiger partial charge is 0.300 e. The lowest BCUT2D eigenvalue weighted by Gasteiger charge is -2.27. The molecule has 1 saturated heterocycles. The zero-order valence-electron chi connectivity index (χ0n) is 19.0. The summed E-state index contributed by atoms with van der Waals surface area (Å²) in [5.74, 6) is -2.20. The number of aromatic hydroxyl groups is 1. The van der Waals surface area contributed by atoms with E-state index in [-0.39, 0.29) is 38.4 Å². The number of nitrogens with zero attached hydrogens (tertiary/aromatic N) is 1. The fourth-order valence-electron chi connectivity index (χ4n) is 4.22. The Labute approximate surface area is 211 Å². The Hall–Kier alpha value is -3.68. The zero-order valence-corrected chi connectivity index (χ0v) is 20.5. The number of benzene rings is 3. The van der Waals surface area contributed by atoms with Crippen LogP contribution in [0.25, 0.3) is 5.76 Å². The van der Waals surface area contributed by atoms with Crippen molar-refractivity contribution in [1.29, 1.82) is 0 Å². The summed E-state index contributed by atoms with van der Waals surface area (Å²) < 4.78 is 10.6. The Morgan fingerprint density at radius 2 is 1.66 bits per heavy atom. The number of aliphatic hydroxyl groups is 1. The Morgan fingerprint density at radius 3 is 2.29 bits per heavy atom. The number of phenols is 1. The maximum atomic E-state index is 13.4. The van der Waals surface area contributed by atoms with Crippen molar-refractivity contribution in [2.75, 3.05) is 19.1 Å². The molecule has 1 aliphatic heterocycles. The monoisotopic (exact) mass is 513 g/mol. The first kappa shape index (κ1) is 24.4. The number of ketones is 1. The van der Waals surface area contributed by atoms with E-state index in [0.29, 0.717) is 11.3 Å². The van der Waals surface area contributed by atoms with Gasteiger partial charge in [-0.2, -0.15) is 0 Å². The van der Waals surface area contributed by atoms with Gasteiger partial charge in [-0.05, 0) is 42.3 Å². The normalized spacial score (nSPS) is 17.1. The molecule has 9 heteroatoms. The van der Waals surface area contributed by atoms with E-state index in [1.165, 1.54) is 37.3 Å². The second kappa shape index (κ2) is 9.52. The van der Waals surface area contributed by atoms with Crippen molar-refractivity contribution in [3.05, 3.63) is 86.9 Å². The minimum absolute atomic E-state index is 0.00825. The lowest BCUT2D eigenvalue weighted by molar-refractivity contribution is -0.132. The van der Waals surface area contributed by atoms with E-state index in [2.05, 4.69) is 0 Å². The van der Waals surface area contributed by atoms with Crippen molar-refractivity contribution in [2.24, 2.45) is 0 Å². The van der Waals surface area contributed by atoms with Gasteiger partial charge in [-0.3, -0.25) is 14.5 Å². The first-order valence-corrected chi connectivity index (χ1v) is 11.2. The quantitative estimate of drug-likeness (QED) is 0.260. The van der Waals surface area contributed by atoms with E-state index >= 15 is 0 Å². The van der Waals surface area contributed by atoms with E-state index in [9.17, 15) is 19.8 Å². The van der Waals surface area contributed by atoms with E-state index in [4.69, 9.17) is 32.7 Å². The molecule has 1 aliphatic rings. The fraction of sp³-hybridized carbons (Fsp3) is 0.154. The van der Waals surface area contributed by atoms with Crippen LogP contribution in [0, 0.1) is 6.92 Å². The van der Waals surface area contributed by atoms with Gasteiger partial charge < -0.3 is 19.7 Å². The first-order valence-electron chi connectivity index (χ1n) is 10.5. The number of halogens is 2. The summed E-state index contributed by atoms with van der Waals surface area (Å²) >= 11 is 12.7. The number of ether oxygens (including phenoxy) is 2. The van der Waals surface area contributed by atoms with Gasteiger partial charge in [0.1, 0.15) is 16.5 Å². The number of carbonyl (C=O) groups excluding carboxylic acids is 2. The van der Waals surface area contributed by atoms with Crippen LogP contribution >= 0.6 is 23.2 Å². The van der Waals surface area contributed by atoms with Crippen molar-refractivity contribution >= 4 is 46.3 Å². The van der Waals surface area contributed by atoms with Gasteiger partial charge in [0.2, 0.25) is 0 Å². The predicted molar refractivity (Wildman–Crippen MR) is 134 cm³/mol. The number of rotatable bonds is 5. The molecule has 35 heavy (non-hydrogen) atoms. The molecular weight excluding hydrogens is 493 g/mol. The lowest BCUT2D eigenvalue weighted by atomic mass is 9.94. The third kappa shape index (κ3) is 4.07. The van der Waals surface area contributed by atoms with Gasteiger partial charge in [0.05, 0.1) is 36.4 Å². The molecule has 1 amide bonds. The van der Waals surface area contributed by atoms with Crippen LogP contribution in [-0.4, -0.2) is 36.1 Å². The van der Waals surface area contributed by atoms with Crippen LogP contribution in [-0.2, 0) is 9.59 Å². The number of hydrogen-bond donors (Lipinski definition) is 2. The summed E-state index contributed by atoms with van der Waals surface area (Å²) in [7, 11) is 2.71. The van der Waals surface area contributed by atoms with E-state index in [0.717, 1.165) is 5.56 Å². The Kier molecular flexibility index (Phi) is 6.65. The molecule has 3 aromatic rings. The summed E-state index contributed by atoms with van der Waals surface area (Å²) in [6.45, 7) is 1.81. The summed E-state index contributed by atoms with van der Waals surface area (Å²) in [4.78, 5) is 28.0. The second-order valence-electron chi connectivity index (χ2n) is 7.84. The molecule has 0 aliphatic carbocycles. The average Bonchev–Trinajstić information content (AvgIpc) is 3.09. The Morgan fingerprint density at radius 1 is 0.971 bits per heavy atom. The van der Waals surface area contributed by atoms with Crippen LogP contribution in [0.2, 0.25) is 10.0 Å². The third-order valence-electron chi connectivity index (χ3n) is 5.80. The van der Waals surface area contributed by atoms with Crippen molar-refractivity contribution in [2.45, 2.75) is 13.0 Å². The zero-order chi connectivity index (χ0) is 25.4. The standard InChI is InChI=1S/C26H21Cl2NO6/c1-13-7-4-5-10-18(13)29-21(14-8-6-9-15(30)11-14)19(23(32)26(29)33)22(31)16-12-17(27)25(35-3)20(28)24(16)34-2/h4-12,21,30-31H,1-3H3/b22-19+. The van der Waals surface area contributed by atoms with Crippen molar-refractivity contribution < 1.29 is 29.3 Å². The van der Waals surface area contributed by atoms with Gasteiger partial charge >= 0.3 is 0 Å². The molecule has 0 bridgehead atoms. The number of aryl methyl sites for hydroxylation is 1. The Bertz CT molecular complexity index is 1380. The average molecular weight is 514 g/mol. The van der Waals surface area contributed by atoms with Crippen LogP contribution in [0.15, 0.2) is 60.2 Å². The number of Topliss-reactive ketones (excluding diaryl/α,β-unsaturated/α-hetero) is 1. The molecule has 0 spiro atoms. The largest absolute Gasteiger partial charge is 0.508 e. The number of para-hydroxylation sites is 1. The minimum atomic E-state index is -1.05. The molecule has 3 aromatic carbocycles. The van der Waals surface area contributed by atoms with Crippen LogP contribution in [0.4, 0.5) is 5.69 Å². The number of methoxy groups -OCH3 is 2. The molecule has 2 N–H and O–H groups in total. The lowest BCUT2D eigenvalue weighted by Crippen LogP contribution is -2.30. The summed E-state index contributed by atoms with van der Waals surface area (Å²) in [6, 6.07) is 13.5. The van der Waals surface area contributed by atoms with E-state index in [1.54, 1.807) is 37.3 Å². The number of aliphatic hydroxyl groups excluding tert-OH is 1. The van der Waals surface area contributed by atoms with Crippen LogP contribution in [0.5, 0.6) is 17.2 Å². The number of hydrogen-bond acceptors (Lipinski definition) is 6. The highest BCUT2D eigenvalue weighted by molar-refractivity contribution is 6.52. The molecule has 0 saturated carbocycles. The molecular formula is C26H21Cl2NO6.